The molecular weight excluding hydrogens is 170 g/mol. The molecule has 0 unspecified atom stereocenters. The van der Waals surface area contributed by atoms with E-state index in [1.54, 1.807) is 12.4 Å². The van der Waals surface area contributed by atoms with E-state index in [1.807, 2.05) is 0 Å². The standard InChI is InChI=1S/C7H7N5O/c8-7(13)5-3-9-4-6(5)12-2-1-10-11-12/h1-4,9H,(H2,8,13). The molecule has 2 rings (SSSR count). The number of H-pyrrole nitrogens is 1. The first-order valence-electron chi connectivity index (χ1n) is 3.62. The smallest absolute Gasteiger partial charge is 0.252 e. The van der Waals surface area contributed by atoms with Crippen LogP contribution in [0, 0.1) is 0 Å². The van der Waals surface area contributed by atoms with Crippen molar-refractivity contribution in [3.63, 3.8) is 0 Å². The molecule has 13 heavy (non-hydrogen) atoms. The Morgan fingerprint density at radius 1 is 1.54 bits per heavy atom. The first kappa shape index (κ1) is 7.53. The van der Waals surface area contributed by atoms with Crippen LogP contribution in [0.25, 0.3) is 5.69 Å². The third-order valence-electron chi connectivity index (χ3n) is 1.66. The topological polar surface area (TPSA) is 89.6 Å². The Labute approximate surface area is 73.4 Å². The van der Waals surface area contributed by atoms with Crippen LogP contribution in [-0.4, -0.2) is 25.9 Å². The summed E-state index contributed by atoms with van der Waals surface area (Å²) in [6.07, 6.45) is 6.32. The molecule has 1 amide bonds. The van der Waals surface area contributed by atoms with Crippen LogP contribution in [0.2, 0.25) is 0 Å². The summed E-state index contributed by atoms with van der Waals surface area (Å²) in [5, 5.41) is 7.37. The number of nitrogens with zero attached hydrogens (tertiary/aromatic N) is 3. The van der Waals surface area contributed by atoms with Gasteiger partial charge in [0.15, 0.2) is 0 Å². The van der Waals surface area contributed by atoms with E-state index in [4.69, 9.17) is 5.73 Å². The second-order valence-electron chi connectivity index (χ2n) is 2.47. The number of carbonyl (C=O) groups excluding carboxylic acids is 1. The summed E-state index contributed by atoms with van der Waals surface area (Å²) >= 11 is 0. The van der Waals surface area contributed by atoms with Crippen LogP contribution in [0.5, 0.6) is 0 Å². The largest absolute Gasteiger partial charge is 0.365 e. The van der Waals surface area contributed by atoms with Crippen LogP contribution in [0.3, 0.4) is 0 Å². The van der Waals surface area contributed by atoms with Gasteiger partial charge in [0.1, 0.15) is 0 Å². The second kappa shape index (κ2) is 2.74. The molecule has 3 N–H and O–H groups in total. The van der Waals surface area contributed by atoms with Gasteiger partial charge in [-0.15, -0.1) is 5.10 Å². The monoisotopic (exact) mass is 177 g/mol. The molecule has 0 bridgehead atoms. The van der Waals surface area contributed by atoms with Crippen molar-refractivity contribution in [1.82, 2.24) is 20.0 Å². The Bertz CT molecular complexity index is 416. The average Bonchev–Trinajstić information content (AvgIpc) is 2.74. The lowest BCUT2D eigenvalue weighted by Crippen LogP contribution is -2.13. The van der Waals surface area contributed by atoms with Crippen molar-refractivity contribution in [1.29, 1.82) is 0 Å². The Morgan fingerprint density at radius 2 is 2.38 bits per heavy atom. The number of aromatic nitrogens is 4. The first-order valence-corrected chi connectivity index (χ1v) is 3.62. The maximum atomic E-state index is 10.9. The van der Waals surface area contributed by atoms with E-state index in [9.17, 15) is 4.79 Å². The Hall–Kier alpha value is -2.11. The maximum Gasteiger partial charge on any atom is 0.252 e. The zero-order valence-corrected chi connectivity index (χ0v) is 6.64. The molecule has 66 valence electrons. The fraction of sp³-hybridized carbons (Fsp3) is 0. The summed E-state index contributed by atoms with van der Waals surface area (Å²) in [6.45, 7) is 0. The number of carbonyl (C=O) groups is 1. The van der Waals surface area contributed by atoms with Crippen molar-refractivity contribution in [2.75, 3.05) is 0 Å². The summed E-state index contributed by atoms with van der Waals surface area (Å²) in [6, 6.07) is 0. The quantitative estimate of drug-likeness (QED) is 0.659. The van der Waals surface area contributed by atoms with Gasteiger partial charge in [-0.1, -0.05) is 5.21 Å². The molecule has 0 aliphatic carbocycles. The van der Waals surface area contributed by atoms with Crippen LogP contribution >= 0.6 is 0 Å². The zero-order valence-electron chi connectivity index (χ0n) is 6.64. The second-order valence-corrected chi connectivity index (χ2v) is 2.47. The van der Waals surface area contributed by atoms with Crippen molar-refractivity contribution in [3.8, 4) is 5.69 Å². The first-order chi connectivity index (χ1) is 6.29. The van der Waals surface area contributed by atoms with Gasteiger partial charge < -0.3 is 10.7 Å². The predicted octanol–water partition coefficient (Wildman–Crippen LogP) is -0.306. The molecule has 2 aromatic rings. The van der Waals surface area contributed by atoms with Crippen LogP contribution in [0.15, 0.2) is 24.8 Å². The molecule has 0 radical (unpaired) electrons. The number of rotatable bonds is 2. The molecule has 0 aliphatic rings. The minimum absolute atomic E-state index is 0.394. The minimum Gasteiger partial charge on any atom is -0.365 e. The van der Waals surface area contributed by atoms with Gasteiger partial charge >= 0.3 is 0 Å². The van der Waals surface area contributed by atoms with Gasteiger partial charge in [0, 0.05) is 12.4 Å². The molecule has 6 heteroatoms. The van der Waals surface area contributed by atoms with E-state index in [2.05, 4.69) is 15.3 Å². The lowest BCUT2D eigenvalue weighted by molar-refractivity contribution is 0.100. The number of hydrogen-bond donors (Lipinski definition) is 2. The molecule has 6 nitrogen and oxygen atoms in total. The Balaban J connectivity index is 2.52. The lowest BCUT2D eigenvalue weighted by atomic mass is 10.3. The number of primary amides is 1. The van der Waals surface area contributed by atoms with E-state index >= 15 is 0 Å². The summed E-state index contributed by atoms with van der Waals surface area (Å²) in [4.78, 5) is 13.7. The van der Waals surface area contributed by atoms with Gasteiger partial charge in [-0.3, -0.25) is 4.79 Å². The third-order valence-corrected chi connectivity index (χ3v) is 1.66. The van der Waals surface area contributed by atoms with Crippen LogP contribution in [-0.2, 0) is 0 Å². The van der Waals surface area contributed by atoms with Gasteiger partial charge in [0.05, 0.1) is 23.6 Å². The molecular formula is C7H7N5O. The van der Waals surface area contributed by atoms with Gasteiger partial charge in [0.2, 0.25) is 0 Å². The number of aromatic amines is 1. The van der Waals surface area contributed by atoms with Gasteiger partial charge in [-0.25, -0.2) is 4.68 Å². The highest BCUT2D eigenvalue weighted by Gasteiger charge is 2.10. The fourth-order valence-electron chi connectivity index (χ4n) is 1.08. The number of hydrogen-bond acceptors (Lipinski definition) is 3. The van der Waals surface area contributed by atoms with Gasteiger partial charge in [-0.2, -0.15) is 0 Å². The predicted molar refractivity (Wildman–Crippen MR) is 44.2 cm³/mol. The molecule has 2 aromatic heterocycles. The molecule has 0 fully saturated rings. The van der Waals surface area contributed by atoms with E-state index in [-0.39, 0.29) is 0 Å². The highest BCUT2D eigenvalue weighted by atomic mass is 16.1. The summed E-state index contributed by atoms with van der Waals surface area (Å²) in [7, 11) is 0. The molecule has 0 saturated carbocycles. The SMILES string of the molecule is NC(=O)c1c[nH]cc1-n1ccnn1. The van der Waals surface area contributed by atoms with Crippen LogP contribution < -0.4 is 5.73 Å². The van der Waals surface area contributed by atoms with E-state index < -0.39 is 5.91 Å². The van der Waals surface area contributed by atoms with Crippen molar-refractivity contribution in [3.05, 3.63) is 30.4 Å². The average molecular weight is 177 g/mol. The summed E-state index contributed by atoms with van der Waals surface area (Å²) < 4.78 is 1.47. The zero-order chi connectivity index (χ0) is 9.26. The number of nitrogens with one attached hydrogen (secondary N) is 1. The third kappa shape index (κ3) is 1.18. The molecule has 2 heterocycles. The number of nitrogens with two attached hydrogens (primary N) is 1. The van der Waals surface area contributed by atoms with Gasteiger partial charge in [0.25, 0.3) is 5.91 Å². The van der Waals surface area contributed by atoms with Crippen LogP contribution in [0.4, 0.5) is 0 Å². The highest BCUT2D eigenvalue weighted by Crippen LogP contribution is 2.10. The van der Waals surface area contributed by atoms with E-state index in [0.29, 0.717) is 11.3 Å². The maximum absolute atomic E-state index is 10.9. The van der Waals surface area contributed by atoms with E-state index in [1.165, 1.54) is 17.1 Å². The lowest BCUT2D eigenvalue weighted by Gasteiger charge is -1.97. The molecule has 0 aliphatic heterocycles. The van der Waals surface area contributed by atoms with Crippen molar-refractivity contribution in [2.45, 2.75) is 0 Å². The summed E-state index contributed by atoms with van der Waals surface area (Å²) in [5.74, 6) is -0.494. The highest BCUT2D eigenvalue weighted by molar-refractivity contribution is 5.96. The Kier molecular flexibility index (Phi) is 1.59. The normalized spacial score (nSPS) is 10.2. The van der Waals surface area contributed by atoms with Crippen molar-refractivity contribution in [2.24, 2.45) is 5.73 Å². The molecule has 0 saturated heterocycles. The van der Waals surface area contributed by atoms with E-state index in [0.717, 1.165) is 0 Å². The number of amides is 1. The van der Waals surface area contributed by atoms with Crippen LogP contribution in [0.1, 0.15) is 10.4 Å². The fourth-order valence-corrected chi connectivity index (χ4v) is 1.08. The molecule has 0 spiro atoms. The minimum atomic E-state index is -0.494. The Morgan fingerprint density at radius 3 is 3.00 bits per heavy atom. The van der Waals surface area contributed by atoms with Gasteiger partial charge in [-0.05, 0) is 0 Å². The molecule has 0 atom stereocenters. The summed E-state index contributed by atoms with van der Waals surface area (Å²) in [5.41, 5.74) is 6.14. The van der Waals surface area contributed by atoms with Crippen molar-refractivity contribution >= 4 is 5.91 Å². The van der Waals surface area contributed by atoms with Crippen molar-refractivity contribution < 1.29 is 4.79 Å². The molecule has 0 aromatic carbocycles.